The van der Waals surface area contributed by atoms with Crippen molar-refractivity contribution in [3.05, 3.63) is 29.6 Å². The predicted octanol–water partition coefficient (Wildman–Crippen LogP) is 0.780. The van der Waals surface area contributed by atoms with Gasteiger partial charge in [0.05, 0.1) is 12.7 Å². The monoisotopic (exact) mass is 198 g/mol. The second kappa shape index (κ2) is 4.06. The highest BCUT2D eigenvalue weighted by Crippen LogP contribution is 2.19. The Bertz CT molecular complexity index is 353. The molecule has 0 aliphatic heterocycles. The summed E-state index contributed by atoms with van der Waals surface area (Å²) in [7, 11) is 2.78. The molecule has 4 nitrogen and oxygen atoms in total. The van der Waals surface area contributed by atoms with Gasteiger partial charge in [0.1, 0.15) is 11.6 Å². The third kappa shape index (κ3) is 2.00. The van der Waals surface area contributed by atoms with Gasteiger partial charge < -0.3 is 4.74 Å². The number of benzene rings is 1. The molecule has 5 heteroatoms. The number of carbonyl (C=O) groups is 1. The highest BCUT2D eigenvalue weighted by molar-refractivity contribution is 5.96. The SMILES string of the molecule is COc1ccc(F)cc1C(=O)N(C)N. The van der Waals surface area contributed by atoms with Crippen molar-refractivity contribution >= 4 is 5.91 Å². The summed E-state index contributed by atoms with van der Waals surface area (Å²) in [5, 5.41) is 0.872. The number of halogens is 1. The van der Waals surface area contributed by atoms with E-state index < -0.39 is 11.7 Å². The van der Waals surface area contributed by atoms with Crippen molar-refractivity contribution in [3.8, 4) is 5.75 Å². The molecule has 0 heterocycles. The molecular formula is C9H11FN2O2. The van der Waals surface area contributed by atoms with Crippen LogP contribution in [-0.2, 0) is 0 Å². The number of nitrogens with two attached hydrogens (primary N) is 1. The molecule has 0 unspecified atom stereocenters. The van der Waals surface area contributed by atoms with Crippen LogP contribution in [-0.4, -0.2) is 25.1 Å². The van der Waals surface area contributed by atoms with E-state index in [0.29, 0.717) is 5.75 Å². The summed E-state index contributed by atoms with van der Waals surface area (Å²) in [6.45, 7) is 0. The van der Waals surface area contributed by atoms with Gasteiger partial charge in [-0.25, -0.2) is 10.2 Å². The first-order valence-corrected chi connectivity index (χ1v) is 3.92. The average Bonchev–Trinajstić information content (AvgIpc) is 2.16. The third-order valence-electron chi connectivity index (χ3n) is 1.71. The van der Waals surface area contributed by atoms with Crippen molar-refractivity contribution in [2.45, 2.75) is 0 Å². The first-order valence-electron chi connectivity index (χ1n) is 3.92. The number of rotatable bonds is 2. The van der Waals surface area contributed by atoms with Crippen LogP contribution in [0, 0.1) is 5.82 Å². The van der Waals surface area contributed by atoms with Crippen molar-refractivity contribution in [2.75, 3.05) is 14.2 Å². The molecule has 1 aromatic carbocycles. The minimum Gasteiger partial charge on any atom is -0.496 e. The second-order valence-corrected chi connectivity index (χ2v) is 2.76. The minimum absolute atomic E-state index is 0.109. The highest BCUT2D eigenvalue weighted by Gasteiger charge is 2.15. The fourth-order valence-electron chi connectivity index (χ4n) is 1.04. The Labute approximate surface area is 81.0 Å². The third-order valence-corrected chi connectivity index (χ3v) is 1.71. The summed E-state index contributed by atoms with van der Waals surface area (Å²) in [6, 6.07) is 3.68. The van der Waals surface area contributed by atoms with Crippen molar-refractivity contribution in [3.63, 3.8) is 0 Å². The number of hydrogen-bond acceptors (Lipinski definition) is 3. The predicted molar refractivity (Wildman–Crippen MR) is 49.2 cm³/mol. The number of amides is 1. The fraction of sp³-hybridized carbons (Fsp3) is 0.222. The van der Waals surface area contributed by atoms with Gasteiger partial charge in [0.2, 0.25) is 0 Å². The van der Waals surface area contributed by atoms with Crippen LogP contribution in [0.25, 0.3) is 0 Å². The molecule has 0 aliphatic rings. The number of hydrazine groups is 1. The molecule has 0 radical (unpaired) electrons. The average molecular weight is 198 g/mol. The lowest BCUT2D eigenvalue weighted by atomic mass is 10.2. The van der Waals surface area contributed by atoms with Crippen LogP contribution in [0.5, 0.6) is 5.75 Å². The quantitative estimate of drug-likeness (QED) is 0.434. The Morgan fingerprint density at radius 3 is 2.71 bits per heavy atom. The van der Waals surface area contributed by atoms with Crippen LogP contribution < -0.4 is 10.6 Å². The standard InChI is InChI=1S/C9H11FN2O2/c1-12(11)9(13)7-5-6(10)3-4-8(7)14-2/h3-5H,11H2,1-2H3. The Morgan fingerprint density at radius 2 is 2.21 bits per heavy atom. The molecule has 0 aromatic heterocycles. The molecule has 1 rings (SSSR count). The first-order chi connectivity index (χ1) is 6.56. The largest absolute Gasteiger partial charge is 0.496 e. The van der Waals surface area contributed by atoms with Gasteiger partial charge in [0.25, 0.3) is 5.91 Å². The lowest BCUT2D eigenvalue weighted by Crippen LogP contribution is -2.33. The molecule has 76 valence electrons. The Kier molecular flexibility index (Phi) is 3.03. The molecule has 2 N–H and O–H groups in total. The summed E-state index contributed by atoms with van der Waals surface area (Å²) < 4.78 is 17.7. The summed E-state index contributed by atoms with van der Waals surface area (Å²) in [5.74, 6) is 4.54. The number of methoxy groups -OCH3 is 1. The Hall–Kier alpha value is -1.62. The smallest absolute Gasteiger partial charge is 0.271 e. The molecule has 0 bridgehead atoms. The van der Waals surface area contributed by atoms with Gasteiger partial charge in [-0.2, -0.15) is 0 Å². The molecule has 0 spiro atoms. The van der Waals surface area contributed by atoms with E-state index in [9.17, 15) is 9.18 Å². The molecule has 0 atom stereocenters. The lowest BCUT2D eigenvalue weighted by Gasteiger charge is -2.12. The van der Waals surface area contributed by atoms with E-state index in [-0.39, 0.29) is 5.56 Å². The van der Waals surface area contributed by atoms with Crippen molar-refractivity contribution in [1.29, 1.82) is 0 Å². The van der Waals surface area contributed by atoms with Gasteiger partial charge in [0.15, 0.2) is 0 Å². The van der Waals surface area contributed by atoms with Crippen molar-refractivity contribution < 1.29 is 13.9 Å². The van der Waals surface area contributed by atoms with Crippen LogP contribution in [0.3, 0.4) is 0 Å². The molecule has 0 saturated carbocycles. The highest BCUT2D eigenvalue weighted by atomic mass is 19.1. The van der Waals surface area contributed by atoms with E-state index in [1.165, 1.54) is 26.3 Å². The van der Waals surface area contributed by atoms with Crippen molar-refractivity contribution in [1.82, 2.24) is 5.01 Å². The van der Waals surface area contributed by atoms with E-state index in [2.05, 4.69) is 0 Å². The number of carbonyl (C=O) groups excluding carboxylic acids is 1. The zero-order valence-corrected chi connectivity index (χ0v) is 7.95. The maximum absolute atomic E-state index is 12.8. The number of ether oxygens (including phenoxy) is 1. The maximum Gasteiger partial charge on any atom is 0.271 e. The lowest BCUT2D eigenvalue weighted by molar-refractivity contribution is 0.0791. The molecular weight excluding hydrogens is 187 g/mol. The number of nitrogens with zero attached hydrogens (tertiary/aromatic N) is 1. The zero-order chi connectivity index (χ0) is 10.7. The first kappa shape index (κ1) is 10.5. The van der Waals surface area contributed by atoms with E-state index >= 15 is 0 Å². The second-order valence-electron chi connectivity index (χ2n) is 2.76. The summed E-state index contributed by atoms with van der Waals surface area (Å²) in [4.78, 5) is 11.4. The fourth-order valence-corrected chi connectivity index (χ4v) is 1.04. The normalized spacial score (nSPS) is 9.71. The minimum atomic E-state index is -0.504. The summed E-state index contributed by atoms with van der Waals surface area (Å²) >= 11 is 0. The van der Waals surface area contributed by atoms with Gasteiger partial charge in [0, 0.05) is 7.05 Å². The van der Waals surface area contributed by atoms with E-state index in [1.807, 2.05) is 0 Å². The van der Waals surface area contributed by atoms with Gasteiger partial charge in [-0.05, 0) is 18.2 Å². The molecule has 1 aromatic rings. The van der Waals surface area contributed by atoms with Gasteiger partial charge >= 0.3 is 0 Å². The summed E-state index contributed by atoms with van der Waals surface area (Å²) in [6.07, 6.45) is 0. The van der Waals surface area contributed by atoms with E-state index in [1.54, 1.807) is 0 Å². The molecule has 1 amide bonds. The topological polar surface area (TPSA) is 55.6 Å². The molecule has 0 fully saturated rings. The molecule has 0 aliphatic carbocycles. The van der Waals surface area contributed by atoms with E-state index in [4.69, 9.17) is 10.6 Å². The number of hydrogen-bond donors (Lipinski definition) is 1. The summed E-state index contributed by atoms with van der Waals surface area (Å²) in [5.41, 5.74) is 0.109. The van der Waals surface area contributed by atoms with Crippen LogP contribution in [0.2, 0.25) is 0 Å². The van der Waals surface area contributed by atoms with Crippen molar-refractivity contribution in [2.24, 2.45) is 5.84 Å². The zero-order valence-electron chi connectivity index (χ0n) is 7.95. The van der Waals surface area contributed by atoms with E-state index in [0.717, 1.165) is 11.1 Å². The van der Waals surface area contributed by atoms with Crippen LogP contribution in [0.15, 0.2) is 18.2 Å². The Balaban J connectivity index is 3.17. The van der Waals surface area contributed by atoms with Crippen LogP contribution in [0.4, 0.5) is 4.39 Å². The molecule has 14 heavy (non-hydrogen) atoms. The van der Waals surface area contributed by atoms with Gasteiger partial charge in [-0.15, -0.1) is 0 Å². The van der Waals surface area contributed by atoms with Gasteiger partial charge in [-0.1, -0.05) is 0 Å². The van der Waals surface area contributed by atoms with Gasteiger partial charge in [-0.3, -0.25) is 9.80 Å². The molecule has 0 saturated heterocycles. The van der Waals surface area contributed by atoms with Crippen LogP contribution in [0.1, 0.15) is 10.4 Å². The maximum atomic E-state index is 12.8. The Morgan fingerprint density at radius 1 is 1.57 bits per heavy atom. The van der Waals surface area contributed by atoms with Crippen LogP contribution >= 0.6 is 0 Å².